The third kappa shape index (κ3) is 1.90. The van der Waals surface area contributed by atoms with Gasteiger partial charge in [-0.15, -0.1) is 10.2 Å². The monoisotopic (exact) mass is 217 g/mol. The van der Waals surface area contributed by atoms with Crippen LogP contribution in [0.3, 0.4) is 0 Å². The zero-order valence-corrected chi connectivity index (χ0v) is 9.01. The molecule has 2 aromatic rings. The van der Waals surface area contributed by atoms with E-state index in [1.807, 2.05) is 6.92 Å². The van der Waals surface area contributed by atoms with Crippen molar-refractivity contribution in [2.24, 2.45) is 7.05 Å². The Hall–Kier alpha value is -2.24. The summed E-state index contributed by atoms with van der Waals surface area (Å²) in [6, 6.07) is 3.39. The molecular weight excluding hydrogens is 206 g/mol. The van der Waals surface area contributed by atoms with Crippen molar-refractivity contribution in [2.45, 2.75) is 6.92 Å². The van der Waals surface area contributed by atoms with Crippen molar-refractivity contribution < 1.29 is 4.79 Å². The molecule has 6 heteroatoms. The van der Waals surface area contributed by atoms with Gasteiger partial charge in [0.2, 0.25) is 5.95 Å². The van der Waals surface area contributed by atoms with Crippen molar-refractivity contribution in [3.8, 4) is 0 Å². The van der Waals surface area contributed by atoms with Crippen LogP contribution in [-0.4, -0.2) is 25.7 Å². The second-order valence-electron chi connectivity index (χ2n) is 3.33. The Morgan fingerprint density at radius 2 is 2.25 bits per heavy atom. The SMILES string of the molecule is Cc1nnc(NC(=O)c2cccnc2)n1C. The molecule has 0 aliphatic carbocycles. The number of amides is 1. The number of carbonyl (C=O) groups excluding carboxylic acids is 1. The van der Waals surface area contributed by atoms with Crippen molar-refractivity contribution >= 4 is 11.9 Å². The highest BCUT2D eigenvalue weighted by molar-refractivity contribution is 6.03. The van der Waals surface area contributed by atoms with E-state index < -0.39 is 0 Å². The molecule has 2 aromatic heterocycles. The second-order valence-corrected chi connectivity index (χ2v) is 3.33. The fraction of sp³-hybridized carbons (Fsp3) is 0.200. The van der Waals surface area contributed by atoms with Gasteiger partial charge in [0.15, 0.2) is 0 Å². The fourth-order valence-electron chi connectivity index (χ4n) is 1.19. The van der Waals surface area contributed by atoms with Crippen LogP contribution >= 0.6 is 0 Å². The molecule has 0 aliphatic rings. The Kier molecular flexibility index (Phi) is 2.63. The molecule has 82 valence electrons. The highest BCUT2D eigenvalue weighted by atomic mass is 16.1. The van der Waals surface area contributed by atoms with E-state index in [0.717, 1.165) is 5.82 Å². The lowest BCUT2D eigenvalue weighted by Gasteiger charge is -2.03. The van der Waals surface area contributed by atoms with E-state index in [-0.39, 0.29) is 5.91 Å². The Morgan fingerprint density at radius 1 is 1.44 bits per heavy atom. The summed E-state index contributed by atoms with van der Waals surface area (Å²) in [7, 11) is 1.79. The Balaban J connectivity index is 2.17. The average molecular weight is 217 g/mol. The first-order chi connectivity index (χ1) is 7.68. The van der Waals surface area contributed by atoms with Crippen LogP contribution in [0.25, 0.3) is 0 Å². The standard InChI is InChI=1S/C10H11N5O/c1-7-13-14-10(15(7)2)12-9(16)8-4-3-5-11-6-8/h3-6H,1-2H3,(H,12,14,16). The number of pyridine rings is 1. The summed E-state index contributed by atoms with van der Waals surface area (Å²) in [6.45, 7) is 1.81. The molecule has 0 radical (unpaired) electrons. The molecule has 0 aromatic carbocycles. The predicted octanol–water partition coefficient (Wildman–Crippen LogP) is 0.771. The number of nitrogens with one attached hydrogen (secondary N) is 1. The summed E-state index contributed by atoms with van der Waals surface area (Å²) in [5, 5.41) is 10.3. The van der Waals surface area contributed by atoms with Gasteiger partial charge >= 0.3 is 0 Å². The lowest BCUT2D eigenvalue weighted by Crippen LogP contribution is -2.15. The van der Waals surface area contributed by atoms with Crippen LogP contribution in [0.2, 0.25) is 0 Å². The van der Waals surface area contributed by atoms with Gasteiger partial charge in [-0.3, -0.25) is 15.1 Å². The van der Waals surface area contributed by atoms with E-state index in [4.69, 9.17) is 0 Å². The molecule has 0 fully saturated rings. The molecule has 2 rings (SSSR count). The van der Waals surface area contributed by atoms with Gasteiger partial charge in [-0.05, 0) is 19.1 Å². The molecule has 0 bridgehead atoms. The van der Waals surface area contributed by atoms with Crippen LogP contribution < -0.4 is 5.32 Å². The molecule has 2 heterocycles. The fourth-order valence-corrected chi connectivity index (χ4v) is 1.19. The maximum atomic E-state index is 11.7. The summed E-state index contributed by atoms with van der Waals surface area (Å²) in [6.07, 6.45) is 3.11. The molecule has 0 atom stereocenters. The van der Waals surface area contributed by atoms with Gasteiger partial charge in [-0.1, -0.05) is 0 Å². The minimum absolute atomic E-state index is 0.247. The van der Waals surface area contributed by atoms with E-state index in [0.29, 0.717) is 11.5 Å². The van der Waals surface area contributed by atoms with E-state index in [9.17, 15) is 4.79 Å². The molecule has 16 heavy (non-hydrogen) atoms. The number of hydrogen-bond donors (Lipinski definition) is 1. The van der Waals surface area contributed by atoms with Crippen molar-refractivity contribution in [2.75, 3.05) is 5.32 Å². The molecule has 0 spiro atoms. The van der Waals surface area contributed by atoms with Crippen LogP contribution in [0.1, 0.15) is 16.2 Å². The van der Waals surface area contributed by atoms with Crippen LogP contribution in [0.15, 0.2) is 24.5 Å². The minimum atomic E-state index is -0.247. The number of anilines is 1. The molecule has 0 unspecified atom stereocenters. The maximum Gasteiger partial charge on any atom is 0.259 e. The van der Waals surface area contributed by atoms with E-state index in [1.54, 1.807) is 29.9 Å². The van der Waals surface area contributed by atoms with Gasteiger partial charge in [0.25, 0.3) is 5.91 Å². The van der Waals surface area contributed by atoms with Crippen molar-refractivity contribution in [3.05, 3.63) is 35.9 Å². The second kappa shape index (κ2) is 4.09. The highest BCUT2D eigenvalue weighted by Gasteiger charge is 2.10. The van der Waals surface area contributed by atoms with Crippen LogP contribution in [0, 0.1) is 6.92 Å². The molecule has 0 saturated heterocycles. The first-order valence-corrected chi connectivity index (χ1v) is 4.76. The normalized spacial score (nSPS) is 10.1. The number of aryl methyl sites for hydroxylation is 1. The largest absolute Gasteiger partial charge is 0.300 e. The van der Waals surface area contributed by atoms with Gasteiger partial charge in [0, 0.05) is 19.4 Å². The quantitative estimate of drug-likeness (QED) is 0.806. The van der Waals surface area contributed by atoms with Crippen LogP contribution in [0.4, 0.5) is 5.95 Å². The van der Waals surface area contributed by atoms with Gasteiger partial charge in [0.1, 0.15) is 5.82 Å². The Morgan fingerprint density at radius 3 is 2.81 bits per heavy atom. The number of rotatable bonds is 2. The van der Waals surface area contributed by atoms with Gasteiger partial charge in [-0.2, -0.15) is 0 Å². The third-order valence-electron chi connectivity index (χ3n) is 2.24. The smallest absolute Gasteiger partial charge is 0.259 e. The molecule has 0 aliphatic heterocycles. The summed E-state index contributed by atoms with van der Waals surface area (Å²) >= 11 is 0. The van der Waals surface area contributed by atoms with E-state index in [1.165, 1.54) is 6.20 Å². The molecule has 1 amide bonds. The average Bonchev–Trinajstić information content (AvgIpc) is 2.62. The lowest BCUT2D eigenvalue weighted by atomic mass is 10.3. The zero-order chi connectivity index (χ0) is 11.5. The summed E-state index contributed by atoms with van der Waals surface area (Å²) < 4.78 is 1.70. The Labute approximate surface area is 92.3 Å². The molecule has 0 saturated carbocycles. The van der Waals surface area contributed by atoms with Crippen LogP contribution in [0.5, 0.6) is 0 Å². The summed E-state index contributed by atoms with van der Waals surface area (Å²) in [5.41, 5.74) is 0.489. The predicted molar refractivity (Wildman–Crippen MR) is 57.9 cm³/mol. The first-order valence-electron chi connectivity index (χ1n) is 4.76. The first kappa shape index (κ1) is 10.3. The van der Waals surface area contributed by atoms with Crippen molar-refractivity contribution in [3.63, 3.8) is 0 Å². The topological polar surface area (TPSA) is 72.7 Å². The molecule has 6 nitrogen and oxygen atoms in total. The summed E-state index contributed by atoms with van der Waals surface area (Å²) in [5.74, 6) is 0.913. The Bertz CT molecular complexity index is 505. The molecular formula is C10H11N5O. The zero-order valence-electron chi connectivity index (χ0n) is 9.01. The van der Waals surface area contributed by atoms with Crippen molar-refractivity contribution in [1.82, 2.24) is 19.7 Å². The number of nitrogens with zero attached hydrogens (tertiary/aromatic N) is 4. The van der Waals surface area contributed by atoms with E-state index in [2.05, 4.69) is 20.5 Å². The van der Waals surface area contributed by atoms with Crippen LogP contribution in [-0.2, 0) is 7.05 Å². The highest BCUT2D eigenvalue weighted by Crippen LogP contribution is 2.06. The number of carbonyl (C=O) groups is 1. The van der Waals surface area contributed by atoms with Gasteiger partial charge in [-0.25, -0.2) is 0 Å². The summed E-state index contributed by atoms with van der Waals surface area (Å²) in [4.78, 5) is 15.6. The van der Waals surface area contributed by atoms with Gasteiger partial charge in [0.05, 0.1) is 5.56 Å². The van der Waals surface area contributed by atoms with E-state index >= 15 is 0 Å². The van der Waals surface area contributed by atoms with Crippen molar-refractivity contribution in [1.29, 1.82) is 0 Å². The lowest BCUT2D eigenvalue weighted by molar-refractivity contribution is 0.102. The number of aromatic nitrogens is 4. The van der Waals surface area contributed by atoms with Gasteiger partial charge < -0.3 is 4.57 Å². The molecule has 1 N–H and O–H groups in total. The maximum absolute atomic E-state index is 11.7. The number of hydrogen-bond acceptors (Lipinski definition) is 4. The minimum Gasteiger partial charge on any atom is -0.300 e. The third-order valence-corrected chi connectivity index (χ3v) is 2.24.